The predicted molar refractivity (Wildman–Crippen MR) is 83.1 cm³/mol. The molecule has 0 spiro atoms. The predicted octanol–water partition coefficient (Wildman–Crippen LogP) is 3.76. The van der Waals surface area contributed by atoms with Gasteiger partial charge in [0.25, 0.3) is 0 Å². The number of benzene rings is 1. The molecule has 7 heteroatoms. The third kappa shape index (κ3) is 4.16. The first-order valence-electron chi connectivity index (χ1n) is 6.66. The molecule has 0 aliphatic rings. The Morgan fingerprint density at radius 3 is 2.90 bits per heavy atom. The summed E-state index contributed by atoms with van der Waals surface area (Å²) >= 11 is 1.60. The Morgan fingerprint density at radius 1 is 1.48 bits per heavy atom. The van der Waals surface area contributed by atoms with E-state index in [1.165, 1.54) is 6.07 Å². The highest BCUT2D eigenvalue weighted by Crippen LogP contribution is 2.30. The third-order valence-electron chi connectivity index (χ3n) is 2.76. The molecule has 1 aromatic heterocycles. The van der Waals surface area contributed by atoms with Crippen molar-refractivity contribution in [2.45, 2.75) is 26.8 Å². The SMILES string of the molecule is CCCOc1cc(NCc2csc(C)n2)ccc1[N+](=O)[O-]. The molecule has 0 unspecified atom stereocenters. The molecule has 0 amide bonds. The number of nitrogens with zero attached hydrogens (tertiary/aromatic N) is 2. The van der Waals surface area contributed by atoms with Crippen LogP contribution in [0.2, 0.25) is 0 Å². The summed E-state index contributed by atoms with van der Waals surface area (Å²) < 4.78 is 5.45. The van der Waals surface area contributed by atoms with Crippen LogP contribution in [0, 0.1) is 17.0 Å². The van der Waals surface area contributed by atoms with Gasteiger partial charge in [0.15, 0.2) is 5.75 Å². The van der Waals surface area contributed by atoms with Crippen LogP contribution in [0.1, 0.15) is 24.0 Å². The van der Waals surface area contributed by atoms with Crippen molar-refractivity contribution in [3.63, 3.8) is 0 Å². The van der Waals surface area contributed by atoms with Gasteiger partial charge in [-0.2, -0.15) is 0 Å². The summed E-state index contributed by atoms with van der Waals surface area (Å²) in [6.45, 7) is 4.94. The summed E-state index contributed by atoms with van der Waals surface area (Å²) in [6, 6.07) is 4.79. The zero-order valence-electron chi connectivity index (χ0n) is 12.0. The second kappa shape index (κ2) is 7.03. The molecule has 112 valence electrons. The molecular weight excluding hydrogens is 290 g/mol. The number of hydrogen-bond donors (Lipinski definition) is 1. The second-order valence-corrected chi connectivity index (χ2v) is 5.56. The van der Waals surface area contributed by atoms with E-state index in [1.54, 1.807) is 23.5 Å². The lowest BCUT2D eigenvalue weighted by atomic mass is 10.2. The van der Waals surface area contributed by atoms with E-state index >= 15 is 0 Å². The standard InChI is InChI=1S/C14H17N3O3S/c1-3-6-20-14-7-11(4-5-13(14)17(18)19)15-8-12-9-21-10(2)16-12/h4-5,7,9,15H,3,6,8H2,1-2H3. The van der Waals surface area contributed by atoms with Gasteiger partial charge in [0.05, 0.1) is 28.8 Å². The van der Waals surface area contributed by atoms with Gasteiger partial charge in [-0.05, 0) is 19.4 Å². The topological polar surface area (TPSA) is 77.3 Å². The highest BCUT2D eigenvalue weighted by molar-refractivity contribution is 7.09. The Morgan fingerprint density at radius 2 is 2.29 bits per heavy atom. The lowest BCUT2D eigenvalue weighted by Gasteiger charge is -2.09. The molecule has 0 saturated carbocycles. The maximum absolute atomic E-state index is 11.0. The van der Waals surface area contributed by atoms with Crippen molar-refractivity contribution in [2.24, 2.45) is 0 Å². The zero-order chi connectivity index (χ0) is 15.2. The summed E-state index contributed by atoms with van der Waals surface area (Å²) in [4.78, 5) is 14.9. The molecule has 0 aliphatic heterocycles. The lowest BCUT2D eigenvalue weighted by molar-refractivity contribution is -0.385. The van der Waals surface area contributed by atoms with Gasteiger partial charge in [-0.3, -0.25) is 10.1 Å². The van der Waals surface area contributed by atoms with Crippen molar-refractivity contribution >= 4 is 22.7 Å². The number of thiazole rings is 1. The van der Waals surface area contributed by atoms with Crippen LogP contribution in [0.4, 0.5) is 11.4 Å². The van der Waals surface area contributed by atoms with E-state index < -0.39 is 4.92 Å². The van der Waals surface area contributed by atoms with E-state index in [4.69, 9.17) is 4.74 Å². The number of hydrogen-bond acceptors (Lipinski definition) is 6. The molecule has 0 bridgehead atoms. The first-order valence-corrected chi connectivity index (χ1v) is 7.54. The maximum Gasteiger partial charge on any atom is 0.311 e. The number of aryl methyl sites for hydroxylation is 1. The van der Waals surface area contributed by atoms with Crippen molar-refractivity contribution in [3.8, 4) is 5.75 Å². The van der Waals surface area contributed by atoms with Crippen LogP contribution >= 0.6 is 11.3 Å². The van der Waals surface area contributed by atoms with E-state index in [-0.39, 0.29) is 5.69 Å². The minimum atomic E-state index is -0.432. The van der Waals surface area contributed by atoms with Gasteiger partial charge >= 0.3 is 5.69 Å². The van der Waals surface area contributed by atoms with Gasteiger partial charge in [0, 0.05) is 23.2 Å². The Hall–Kier alpha value is -2.15. The molecule has 0 saturated heterocycles. The van der Waals surface area contributed by atoms with Gasteiger partial charge in [0.1, 0.15) is 0 Å². The Labute approximate surface area is 126 Å². The summed E-state index contributed by atoms with van der Waals surface area (Å²) in [6.07, 6.45) is 0.799. The van der Waals surface area contributed by atoms with E-state index in [0.29, 0.717) is 18.9 Å². The van der Waals surface area contributed by atoms with E-state index in [9.17, 15) is 10.1 Å². The highest BCUT2D eigenvalue weighted by Gasteiger charge is 2.15. The molecule has 2 rings (SSSR count). The summed E-state index contributed by atoms with van der Waals surface area (Å²) in [5, 5.41) is 17.2. The fraction of sp³-hybridized carbons (Fsp3) is 0.357. The van der Waals surface area contributed by atoms with Crippen molar-refractivity contribution in [2.75, 3.05) is 11.9 Å². The third-order valence-corrected chi connectivity index (χ3v) is 3.58. The molecular formula is C14H17N3O3S. The first-order chi connectivity index (χ1) is 10.1. The average molecular weight is 307 g/mol. The number of nitrogens with one attached hydrogen (secondary N) is 1. The lowest BCUT2D eigenvalue weighted by Crippen LogP contribution is -2.03. The molecule has 0 atom stereocenters. The van der Waals surface area contributed by atoms with Crippen LogP contribution in [-0.2, 0) is 6.54 Å². The first kappa shape index (κ1) is 15.2. The van der Waals surface area contributed by atoms with Gasteiger partial charge < -0.3 is 10.1 Å². The number of nitro benzene ring substituents is 1. The Bertz CT molecular complexity index is 628. The summed E-state index contributed by atoms with van der Waals surface area (Å²) in [5.74, 6) is 0.293. The fourth-order valence-corrected chi connectivity index (χ4v) is 2.40. The number of anilines is 1. The van der Waals surface area contributed by atoms with Crippen molar-refractivity contribution < 1.29 is 9.66 Å². The number of nitro groups is 1. The van der Waals surface area contributed by atoms with Crippen molar-refractivity contribution in [1.82, 2.24) is 4.98 Å². The van der Waals surface area contributed by atoms with Crippen LogP contribution in [0.3, 0.4) is 0 Å². The van der Waals surface area contributed by atoms with Gasteiger partial charge in [-0.25, -0.2) is 4.98 Å². The molecule has 21 heavy (non-hydrogen) atoms. The normalized spacial score (nSPS) is 10.4. The summed E-state index contributed by atoms with van der Waals surface area (Å²) in [5.41, 5.74) is 1.71. The number of aromatic nitrogens is 1. The van der Waals surface area contributed by atoms with Gasteiger partial charge in [0.2, 0.25) is 0 Å². The molecule has 6 nitrogen and oxygen atoms in total. The largest absolute Gasteiger partial charge is 0.487 e. The van der Waals surface area contributed by atoms with Crippen LogP contribution in [-0.4, -0.2) is 16.5 Å². The minimum absolute atomic E-state index is 0.0153. The molecule has 0 fully saturated rings. The van der Waals surface area contributed by atoms with Crippen molar-refractivity contribution in [3.05, 3.63) is 44.4 Å². The Kier molecular flexibility index (Phi) is 5.10. The quantitative estimate of drug-likeness (QED) is 0.622. The molecule has 0 radical (unpaired) electrons. The van der Waals surface area contributed by atoms with Crippen LogP contribution in [0.25, 0.3) is 0 Å². The van der Waals surface area contributed by atoms with Crippen molar-refractivity contribution in [1.29, 1.82) is 0 Å². The number of rotatable bonds is 7. The zero-order valence-corrected chi connectivity index (χ0v) is 12.8. The van der Waals surface area contributed by atoms with E-state index in [0.717, 1.165) is 22.8 Å². The van der Waals surface area contributed by atoms with E-state index in [2.05, 4.69) is 10.3 Å². The molecule has 1 aromatic carbocycles. The van der Waals surface area contributed by atoms with Gasteiger partial charge in [-0.1, -0.05) is 6.92 Å². The van der Waals surface area contributed by atoms with E-state index in [1.807, 2.05) is 19.2 Å². The number of ether oxygens (including phenoxy) is 1. The second-order valence-electron chi connectivity index (χ2n) is 4.50. The highest BCUT2D eigenvalue weighted by atomic mass is 32.1. The minimum Gasteiger partial charge on any atom is -0.487 e. The smallest absolute Gasteiger partial charge is 0.311 e. The monoisotopic (exact) mass is 307 g/mol. The Balaban J connectivity index is 2.10. The molecule has 1 N–H and O–H groups in total. The fourth-order valence-electron chi connectivity index (χ4n) is 1.78. The molecule has 1 heterocycles. The van der Waals surface area contributed by atoms with Gasteiger partial charge in [-0.15, -0.1) is 11.3 Å². The van der Waals surface area contributed by atoms with Crippen LogP contribution < -0.4 is 10.1 Å². The summed E-state index contributed by atoms with van der Waals surface area (Å²) in [7, 11) is 0. The van der Waals surface area contributed by atoms with Crippen LogP contribution in [0.5, 0.6) is 5.75 Å². The average Bonchev–Trinajstić information content (AvgIpc) is 2.88. The van der Waals surface area contributed by atoms with Crippen LogP contribution in [0.15, 0.2) is 23.6 Å². The maximum atomic E-state index is 11.0. The molecule has 0 aliphatic carbocycles. The molecule has 2 aromatic rings.